The largest absolute Gasteiger partial charge is 0.313 e. The Kier molecular flexibility index (Phi) is 5.77. The molecule has 96 valence electrons. The van der Waals surface area contributed by atoms with Gasteiger partial charge in [0.1, 0.15) is 0 Å². The average molecular weight is 226 g/mol. The lowest BCUT2D eigenvalue weighted by molar-refractivity contribution is 0.118. The maximum Gasteiger partial charge on any atom is 0.0252 e. The van der Waals surface area contributed by atoms with E-state index in [2.05, 4.69) is 44.8 Å². The van der Waals surface area contributed by atoms with Gasteiger partial charge in [0.15, 0.2) is 0 Å². The maximum absolute atomic E-state index is 3.66. The molecule has 0 spiro atoms. The molecule has 1 aliphatic carbocycles. The molecule has 0 saturated heterocycles. The van der Waals surface area contributed by atoms with Crippen LogP contribution in [0, 0.1) is 5.92 Å². The second-order valence-electron chi connectivity index (χ2n) is 5.85. The van der Waals surface area contributed by atoms with Gasteiger partial charge < -0.3 is 5.32 Å². The second kappa shape index (κ2) is 6.61. The zero-order valence-corrected chi connectivity index (χ0v) is 11.8. The highest BCUT2D eigenvalue weighted by atomic mass is 15.2. The fourth-order valence-corrected chi connectivity index (χ4v) is 2.99. The van der Waals surface area contributed by atoms with Crippen LogP contribution in [0.5, 0.6) is 0 Å². The molecule has 1 N–H and O–H groups in total. The third-order valence-corrected chi connectivity index (χ3v) is 3.61. The molecule has 0 aliphatic heterocycles. The number of likely N-dealkylation sites (N-methyl/N-ethyl adjacent to an activating group) is 1. The molecule has 0 heterocycles. The lowest BCUT2D eigenvalue weighted by Crippen LogP contribution is -2.50. The quantitative estimate of drug-likeness (QED) is 0.749. The number of nitrogens with one attached hydrogen (secondary N) is 1. The van der Waals surface area contributed by atoms with Crippen LogP contribution in [0.25, 0.3) is 0 Å². The van der Waals surface area contributed by atoms with Gasteiger partial charge in [0, 0.05) is 24.7 Å². The smallest absolute Gasteiger partial charge is 0.0252 e. The summed E-state index contributed by atoms with van der Waals surface area (Å²) < 4.78 is 0. The van der Waals surface area contributed by atoms with Crippen molar-refractivity contribution in [3.05, 3.63) is 0 Å². The van der Waals surface area contributed by atoms with Gasteiger partial charge in [0.25, 0.3) is 0 Å². The molecule has 2 unspecified atom stereocenters. The molecule has 1 saturated carbocycles. The highest BCUT2D eigenvalue weighted by molar-refractivity contribution is 4.91. The fourth-order valence-electron chi connectivity index (χ4n) is 2.99. The normalized spacial score (nSPS) is 26.2. The SMILES string of the molecule is CCNC1CCCC1N(CC(C)C)C(C)C. The van der Waals surface area contributed by atoms with Crippen molar-refractivity contribution in [1.82, 2.24) is 10.2 Å². The van der Waals surface area contributed by atoms with E-state index < -0.39 is 0 Å². The van der Waals surface area contributed by atoms with Gasteiger partial charge in [-0.25, -0.2) is 0 Å². The second-order valence-corrected chi connectivity index (χ2v) is 5.85. The molecule has 0 bridgehead atoms. The molecular weight excluding hydrogens is 196 g/mol. The van der Waals surface area contributed by atoms with E-state index in [1.807, 2.05) is 0 Å². The van der Waals surface area contributed by atoms with Gasteiger partial charge >= 0.3 is 0 Å². The van der Waals surface area contributed by atoms with Crippen LogP contribution < -0.4 is 5.32 Å². The van der Waals surface area contributed by atoms with Gasteiger partial charge in [0.05, 0.1) is 0 Å². The van der Waals surface area contributed by atoms with E-state index >= 15 is 0 Å². The summed E-state index contributed by atoms with van der Waals surface area (Å²) in [5, 5.41) is 3.66. The molecule has 1 aliphatic rings. The monoisotopic (exact) mass is 226 g/mol. The van der Waals surface area contributed by atoms with Gasteiger partial charge in [-0.3, -0.25) is 4.90 Å². The first kappa shape index (κ1) is 14.0. The van der Waals surface area contributed by atoms with E-state index in [1.165, 1.54) is 25.8 Å². The van der Waals surface area contributed by atoms with E-state index in [4.69, 9.17) is 0 Å². The Labute approximate surface area is 102 Å². The van der Waals surface area contributed by atoms with Gasteiger partial charge in [-0.2, -0.15) is 0 Å². The van der Waals surface area contributed by atoms with Crippen LogP contribution in [0.4, 0.5) is 0 Å². The Bertz CT molecular complexity index is 189. The van der Waals surface area contributed by atoms with Crippen molar-refractivity contribution in [3.8, 4) is 0 Å². The van der Waals surface area contributed by atoms with Crippen LogP contribution in [0.1, 0.15) is 53.9 Å². The lowest BCUT2D eigenvalue weighted by atomic mass is 10.1. The zero-order chi connectivity index (χ0) is 12.1. The molecule has 16 heavy (non-hydrogen) atoms. The summed E-state index contributed by atoms with van der Waals surface area (Å²) in [6.45, 7) is 13.9. The molecule has 0 aromatic carbocycles. The summed E-state index contributed by atoms with van der Waals surface area (Å²) in [7, 11) is 0. The number of nitrogens with zero attached hydrogens (tertiary/aromatic N) is 1. The molecule has 2 heteroatoms. The summed E-state index contributed by atoms with van der Waals surface area (Å²) in [5.74, 6) is 0.769. The first-order valence-corrected chi connectivity index (χ1v) is 7.05. The van der Waals surface area contributed by atoms with Crippen molar-refractivity contribution in [2.75, 3.05) is 13.1 Å². The van der Waals surface area contributed by atoms with E-state index in [9.17, 15) is 0 Å². The van der Waals surface area contributed by atoms with Crippen LogP contribution in [0.15, 0.2) is 0 Å². The number of rotatable bonds is 6. The molecule has 0 amide bonds. The minimum Gasteiger partial charge on any atom is -0.313 e. The molecule has 0 radical (unpaired) electrons. The third-order valence-electron chi connectivity index (χ3n) is 3.61. The van der Waals surface area contributed by atoms with Crippen LogP contribution in [-0.4, -0.2) is 36.1 Å². The van der Waals surface area contributed by atoms with Crippen molar-refractivity contribution in [3.63, 3.8) is 0 Å². The zero-order valence-electron chi connectivity index (χ0n) is 11.8. The Morgan fingerprint density at radius 3 is 2.38 bits per heavy atom. The minimum absolute atomic E-state index is 0.673. The van der Waals surface area contributed by atoms with Crippen molar-refractivity contribution in [1.29, 1.82) is 0 Å². The standard InChI is InChI=1S/C14H30N2/c1-6-15-13-8-7-9-14(13)16(12(4)5)10-11(2)3/h11-15H,6-10H2,1-5H3. The van der Waals surface area contributed by atoms with Crippen molar-refractivity contribution < 1.29 is 0 Å². The number of hydrogen-bond acceptors (Lipinski definition) is 2. The molecule has 1 rings (SSSR count). The van der Waals surface area contributed by atoms with Crippen molar-refractivity contribution in [2.24, 2.45) is 5.92 Å². The summed E-state index contributed by atoms with van der Waals surface area (Å²) in [6.07, 6.45) is 4.13. The van der Waals surface area contributed by atoms with Crippen molar-refractivity contribution in [2.45, 2.75) is 72.0 Å². The summed E-state index contributed by atoms with van der Waals surface area (Å²) in [6, 6.07) is 2.17. The van der Waals surface area contributed by atoms with Gasteiger partial charge in [-0.15, -0.1) is 0 Å². The first-order chi connectivity index (χ1) is 7.56. The molecule has 0 aromatic rings. The third kappa shape index (κ3) is 3.74. The predicted molar refractivity (Wildman–Crippen MR) is 71.8 cm³/mol. The molecule has 2 atom stereocenters. The van der Waals surface area contributed by atoms with E-state index in [-0.39, 0.29) is 0 Å². The summed E-state index contributed by atoms with van der Waals surface area (Å²) in [5.41, 5.74) is 0. The van der Waals surface area contributed by atoms with E-state index in [0.29, 0.717) is 6.04 Å². The van der Waals surface area contributed by atoms with Crippen molar-refractivity contribution >= 4 is 0 Å². The Hall–Kier alpha value is -0.0800. The Balaban J connectivity index is 2.61. The maximum atomic E-state index is 3.66. The van der Waals surface area contributed by atoms with Crippen LogP contribution in [-0.2, 0) is 0 Å². The van der Waals surface area contributed by atoms with E-state index in [1.54, 1.807) is 0 Å². The summed E-state index contributed by atoms with van der Waals surface area (Å²) >= 11 is 0. The van der Waals surface area contributed by atoms with Crippen LogP contribution in [0.2, 0.25) is 0 Å². The molecule has 2 nitrogen and oxygen atoms in total. The average Bonchev–Trinajstić information content (AvgIpc) is 2.62. The van der Waals surface area contributed by atoms with Gasteiger partial charge in [-0.1, -0.05) is 27.2 Å². The topological polar surface area (TPSA) is 15.3 Å². The molecule has 1 fully saturated rings. The Morgan fingerprint density at radius 2 is 1.88 bits per heavy atom. The first-order valence-electron chi connectivity index (χ1n) is 7.05. The summed E-state index contributed by atoms with van der Waals surface area (Å²) in [4.78, 5) is 2.71. The molecular formula is C14H30N2. The lowest BCUT2D eigenvalue weighted by Gasteiger charge is -2.37. The van der Waals surface area contributed by atoms with Crippen LogP contribution >= 0.6 is 0 Å². The van der Waals surface area contributed by atoms with Gasteiger partial charge in [-0.05, 0) is 39.2 Å². The highest BCUT2D eigenvalue weighted by Crippen LogP contribution is 2.26. The van der Waals surface area contributed by atoms with Crippen LogP contribution in [0.3, 0.4) is 0 Å². The predicted octanol–water partition coefficient (Wildman–Crippen LogP) is 2.88. The Morgan fingerprint density at radius 1 is 1.19 bits per heavy atom. The number of hydrogen-bond donors (Lipinski definition) is 1. The minimum atomic E-state index is 0.673. The van der Waals surface area contributed by atoms with Gasteiger partial charge in [0.2, 0.25) is 0 Å². The molecule has 0 aromatic heterocycles. The highest BCUT2D eigenvalue weighted by Gasteiger charge is 2.32. The fraction of sp³-hybridized carbons (Fsp3) is 1.00. The van der Waals surface area contributed by atoms with E-state index in [0.717, 1.165) is 24.5 Å².